The number of carbonyl (C=O) groups excluding carboxylic acids is 1. The standard InChI is InChI=1S/C23H23FN4O/c24-20-7-9-21(10-8-20)26-23(29)19-6-11-22(25-16-19)28-14-12-27(13-15-28)17-18-4-2-1-3-5-18/h1-11,16H,12-15,17H2,(H,26,29). The van der Waals surface area contributed by atoms with Gasteiger partial charge in [-0.05, 0) is 42.0 Å². The van der Waals surface area contributed by atoms with E-state index in [-0.39, 0.29) is 11.7 Å². The molecule has 29 heavy (non-hydrogen) atoms. The summed E-state index contributed by atoms with van der Waals surface area (Å²) >= 11 is 0. The molecule has 2 heterocycles. The SMILES string of the molecule is O=C(Nc1ccc(F)cc1)c1ccc(N2CCN(Cc3ccccc3)CC2)nc1. The van der Waals surface area contributed by atoms with Crippen LogP contribution < -0.4 is 10.2 Å². The number of halogens is 1. The third-order valence-corrected chi connectivity index (χ3v) is 5.06. The van der Waals surface area contributed by atoms with Crippen molar-refractivity contribution in [3.63, 3.8) is 0 Å². The summed E-state index contributed by atoms with van der Waals surface area (Å²) in [6, 6.07) is 19.8. The molecule has 1 aromatic heterocycles. The molecular weight excluding hydrogens is 367 g/mol. The highest BCUT2D eigenvalue weighted by Gasteiger charge is 2.18. The number of aromatic nitrogens is 1. The highest BCUT2D eigenvalue weighted by Crippen LogP contribution is 2.17. The summed E-state index contributed by atoms with van der Waals surface area (Å²) in [5.74, 6) is 0.281. The number of nitrogens with zero attached hydrogens (tertiary/aromatic N) is 3. The Labute approximate surface area is 169 Å². The number of pyridine rings is 1. The lowest BCUT2D eigenvalue weighted by atomic mass is 10.2. The van der Waals surface area contributed by atoms with Gasteiger partial charge in [0.15, 0.2) is 0 Å². The Kier molecular flexibility index (Phi) is 5.81. The van der Waals surface area contributed by atoms with Crippen LogP contribution in [0.25, 0.3) is 0 Å². The van der Waals surface area contributed by atoms with Crippen LogP contribution in [0.1, 0.15) is 15.9 Å². The molecule has 0 bridgehead atoms. The van der Waals surface area contributed by atoms with Crippen LogP contribution >= 0.6 is 0 Å². The molecular formula is C23H23FN4O. The average molecular weight is 390 g/mol. The first-order chi connectivity index (χ1) is 14.2. The van der Waals surface area contributed by atoms with E-state index in [0.29, 0.717) is 11.3 Å². The molecule has 1 amide bonds. The molecule has 4 rings (SSSR count). The summed E-state index contributed by atoms with van der Waals surface area (Å²) in [6.07, 6.45) is 1.59. The molecule has 1 aliphatic heterocycles. The van der Waals surface area contributed by atoms with Gasteiger partial charge in [0, 0.05) is 44.6 Å². The molecule has 0 saturated carbocycles. The third kappa shape index (κ3) is 4.97. The van der Waals surface area contributed by atoms with Crippen LogP contribution in [0.3, 0.4) is 0 Å². The fraction of sp³-hybridized carbons (Fsp3) is 0.217. The Morgan fingerprint density at radius 2 is 1.66 bits per heavy atom. The Morgan fingerprint density at radius 1 is 0.931 bits per heavy atom. The van der Waals surface area contributed by atoms with Crippen molar-refractivity contribution >= 4 is 17.4 Å². The first-order valence-electron chi connectivity index (χ1n) is 9.71. The number of nitrogens with one attached hydrogen (secondary N) is 1. The van der Waals surface area contributed by atoms with E-state index in [2.05, 4.69) is 44.4 Å². The van der Waals surface area contributed by atoms with Crippen LogP contribution in [-0.2, 0) is 6.54 Å². The average Bonchev–Trinajstić information content (AvgIpc) is 2.77. The van der Waals surface area contributed by atoms with Crippen molar-refractivity contribution in [1.29, 1.82) is 0 Å². The molecule has 2 aromatic carbocycles. The smallest absolute Gasteiger partial charge is 0.257 e. The Morgan fingerprint density at radius 3 is 2.31 bits per heavy atom. The molecule has 0 aliphatic carbocycles. The van der Waals surface area contributed by atoms with E-state index in [9.17, 15) is 9.18 Å². The first-order valence-corrected chi connectivity index (χ1v) is 9.71. The first kappa shape index (κ1) is 19.1. The van der Waals surface area contributed by atoms with E-state index >= 15 is 0 Å². The molecule has 6 heteroatoms. The number of piperazine rings is 1. The Hall–Kier alpha value is -3.25. The van der Waals surface area contributed by atoms with Gasteiger partial charge in [0.2, 0.25) is 0 Å². The summed E-state index contributed by atoms with van der Waals surface area (Å²) in [4.78, 5) is 21.5. The maximum absolute atomic E-state index is 13.0. The Bertz CT molecular complexity index is 937. The van der Waals surface area contributed by atoms with Crippen molar-refractivity contribution in [2.24, 2.45) is 0 Å². The lowest BCUT2D eigenvalue weighted by molar-refractivity contribution is 0.102. The summed E-state index contributed by atoms with van der Waals surface area (Å²) in [6.45, 7) is 4.72. The molecule has 1 aliphatic rings. The summed E-state index contributed by atoms with van der Waals surface area (Å²) < 4.78 is 13.0. The molecule has 1 saturated heterocycles. The van der Waals surface area contributed by atoms with Gasteiger partial charge < -0.3 is 10.2 Å². The van der Waals surface area contributed by atoms with Crippen molar-refractivity contribution in [3.8, 4) is 0 Å². The van der Waals surface area contributed by atoms with E-state index in [1.165, 1.54) is 29.8 Å². The zero-order chi connectivity index (χ0) is 20.1. The topological polar surface area (TPSA) is 48.5 Å². The highest BCUT2D eigenvalue weighted by atomic mass is 19.1. The second-order valence-electron chi connectivity index (χ2n) is 7.11. The van der Waals surface area contributed by atoms with E-state index in [4.69, 9.17) is 0 Å². The van der Waals surface area contributed by atoms with Gasteiger partial charge in [-0.3, -0.25) is 9.69 Å². The maximum Gasteiger partial charge on any atom is 0.257 e. The zero-order valence-electron chi connectivity index (χ0n) is 16.1. The summed E-state index contributed by atoms with van der Waals surface area (Å²) in [7, 11) is 0. The van der Waals surface area contributed by atoms with Crippen molar-refractivity contribution in [3.05, 3.63) is 89.9 Å². The van der Waals surface area contributed by atoms with Crippen LogP contribution in [-0.4, -0.2) is 42.0 Å². The van der Waals surface area contributed by atoms with Crippen LogP contribution in [0.4, 0.5) is 15.9 Å². The minimum atomic E-state index is -0.335. The normalized spacial score (nSPS) is 14.6. The second-order valence-corrected chi connectivity index (χ2v) is 7.11. The largest absolute Gasteiger partial charge is 0.354 e. The molecule has 5 nitrogen and oxygen atoms in total. The van der Waals surface area contributed by atoms with E-state index < -0.39 is 0 Å². The third-order valence-electron chi connectivity index (χ3n) is 5.06. The van der Waals surface area contributed by atoms with Gasteiger partial charge in [0.1, 0.15) is 11.6 Å². The monoisotopic (exact) mass is 390 g/mol. The second kappa shape index (κ2) is 8.84. The van der Waals surface area contributed by atoms with Gasteiger partial charge >= 0.3 is 0 Å². The van der Waals surface area contributed by atoms with Crippen molar-refractivity contribution in [1.82, 2.24) is 9.88 Å². The van der Waals surface area contributed by atoms with E-state index in [0.717, 1.165) is 38.5 Å². The number of amides is 1. The number of anilines is 2. The van der Waals surface area contributed by atoms with Gasteiger partial charge in [0.05, 0.1) is 5.56 Å². The lowest BCUT2D eigenvalue weighted by Crippen LogP contribution is -2.46. The number of hydrogen-bond donors (Lipinski definition) is 1. The quantitative estimate of drug-likeness (QED) is 0.720. The van der Waals surface area contributed by atoms with E-state index in [1.54, 1.807) is 12.3 Å². The minimum Gasteiger partial charge on any atom is -0.354 e. The van der Waals surface area contributed by atoms with Crippen molar-refractivity contribution in [2.45, 2.75) is 6.54 Å². The molecule has 0 unspecified atom stereocenters. The minimum absolute atomic E-state index is 0.261. The van der Waals surface area contributed by atoms with Crippen molar-refractivity contribution < 1.29 is 9.18 Å². The summed E-state index contributed by atoms with van der Waals surface area (Å²) in [5, 5.41) is 2.75. The van der Waals surface area contributed by atoms with Gasteiger partial charge in [0.25, 0.3) is 5.91 Å². The molecule has 0 radical (unpaired) electrons. The molecule has 1 fully saturated rings. The lowest BCUT2D eigenvalue weighted by Gasteiger charge is -2.35. The summed E-state index contributed by atoms with van der Waals surface area (Å²) in [5.41, 5.74) is 2.35. The molecule has 3 aromatic rings. The van der Waals surface area contributed by atoms with Crippen LogP contribution in [0.2, 0.25) is 0 Å². The zero-order valence-corrected chi connectivity index (χ0v) is 16.1. The highest BCUT2D eigenvalue weighted by molar-refractivity contribution is 6.04. The van der Waals surface area contributed by atoms with Gasteiger partial charge in [-0.1, -0.05) is 30.3 Å². The molecule has 0 spiro atoms. The van der Waals surface area contributed by atoms with Crippen LogP contribution in [0.15, 0.2) is 72.9 Å². The maximum atomic E-state index is 13.0. The van der Waals surface area contributed by atoms with Gasteiger partial charge in [-0.15, -0.1) is 0 Å². The van der Waals surface area contributed by atoms with E-state index in [1.807, 2.05) is 12.1 Å². The number of carbonyl (C=O) groups is 1. The fourth-order valence-electron chi connectivity index (χ4n) is 3.42. The predicted molar refractivity (Wildman–Crippen MR) is 113 cm³/mol. The fourth-order valence-corrected chi connectivity index (χ4v) is 3.42. The van der Waals surface area contributed by atoms with Crippen molar-refractivity contribution in [2.75, 3.05) is 36.4 Å². The van der Waals surface area contributed by atoms with Gasteiger partial charge in [-0.25, -0.2) is 9.37 Å². The predicted octanol–water partition coefficient (Wildman–Crippen LogP) is 3.80. The van der Waals surface area contributed by atoms with Gasteiger partial charge in [-0.2, -0.15) is 0 Å². The Balaban J connectivity index is 1.31. The molecule has 148 valence electrons. The number of rotatable bonds is 5. The molecule has 1 N–H and O–H groups in total. The van der Waals surface area contributed by atoms with Crippen LogP contribution in [0, 0.1) is 5.82 Å². The number of benzene rings is 2. The van der Waals surface area contributed by atoms with Crippen LogP contribution in [0.5, 0.6) is 0 Å². The molecule has 0 atom stereocenters. The number of hydrogen-bond acceptors (Lipinski definition) is 4.